The Morgan fingerprint density at radius 1 is 1.07 bits per heavy atom. The van der Waals surface area contributed by atoms with Gasteiger partial charge in [-0.3, -0.25) is 9.59 Å². The number of ether oxygens (including phenoxy) is 2. The second-order valence-electron chi connectivity index (χ2n) is 6.73. The van der Waals surface area contributed by atoms with E-state index in [0.29, 0.717) is 40.8 Å². The molecule has 2 aromatic carbocycles. The fourth-order valence-electron chi connectivity index (χ4n) is 3.07. The average molecular weight is 420 g/mol. The molecule has 0 aliphatic heterocycles. The van der Waals surface area contributed by atoms with E-state index in [0.717, 1.165) is 12.8 Å². The van der Waals surface area contributed by atoms with Crippen LogP contribution < -0.4 is 25.8 Å². The van der Waals surface area contributed by atoms with Crippen molar-refractivity contribution in [3.8, 4) is 11.5 Å². The van der Waals surface area contributed by atoms with Gasteiger partial charge in [0, 0.05) is 24.2 Å². The highest BCUT2D eigenvalue weighted by Gasteiger charge is 2.32. The number of anilines is 1. The molecule has 1 unspecified atom stereocenters. The lowest BCUT2D eigenvalue weighted by atomic mass is 10.1. The molecule has 1 aliphatic carbocycles. The highest BCUT2D eigenvalue weighted by atomic mass is 35.5. The van der Waals surface area contributed by atoms with Crippen LogP contribution >= 0.6 is 12.4 Å². The zero-order chi connectivity index (χ0) is 20.1. The molecule has 4 N–H and O–H groups in total. The van der Waals surface area contributed by atoms with Gasteiger partial charge in [-0.05, 0) is 37.0 Å². The Hall–Kier alpha value is -2.77. The van der Waals surface area contributed by atoms with Crippen molar-refractivity contribution in [2.45, 2.75) is 18.9 Å². The lowest BCUT2D eigenvalue weighted by Gasteiger charge is -2.19. The van der Waals surface area contributed by atoms with Crippen LogP contribution in [0.2, 0.25) is 0 Å². The SMILES string of the molecule is COc1cc(NC(=O)c2ccccc2)c(C(=O)NC(CN)C2CC2)cc1OC.Cl. The van der Waals surface area contributed by atoms with E-state index < -0.39 is 0 Å². The number of rotatable bonds is 8. The highest BCUT2D eigenvalue weighted by Crippen LogP contribution is 2.35. The lowest BCUT2D eigenvalue weighted by Crippen LogP contribution is -2.42. The zero-order valence-electron chi connectivity index (χ0n) is 16.4. The second kappa shape index (κ2) is 10.1. The molecule has 0 aromatic heterocycles. The first-order valence-corrected chi connectivity index (χ1v) is 9.20. The first-order valence-electron chi connectivity index (χ1n) is 9.20. The number of hydrogen-bond donors (Lipinski definition) is 3. The van der Waals surface area contributed by atoms with Gasteiger partial charge in [0.1, 0.15) is 0 Å². The average Bonchev–Trinajstić information content (AvgIpc) is 3.57. The Balaban J connectivity index is 0.00000300. The number of halogens is 1. The second-order valence-corrected chi connectivity index (χ2v) is 6.73. The van der Waals surface area contributed by atoms with E-state index in [1.54, 1.807) is 36.4 Å². The van der Waals surface area contributed by atoms with Gasteiger partial charge in [0.2, 0.25) is 0 Å². The van der Waals surface area contributed by atoms with Crippen molar-refractivity contribution in [3.63, 3.8) is 0 Å². The molecule has 7 nitrogen and oxygen atoms in total. The minimum Gasteiger partial charge on any atom is -0.493 e. The first-order chi connectivity index (χ1) is 13.6. The van der Waals surface area contributed by atoms with Crippen molar-refractivity contribution in [3.05, 3.63) is 53.6 Å². The third kappa shape index (κ3) is 5.40. The summed E-state index contributed by atoms with van der Waals surface area (Å²) in [4.78, 5) is 25.5. The minimum absolute atomic E-state index is 0. The van der Waals surface area contributed by atoms with Crippen LogP contribution in [-0.4, -0.2) is 38.6 Å². The van der Waals surface area contributed by atoms with Gasteiger partial charge < -0.3 is 25.8 Å². The molecule has 0 heterocycles. The number of hydrogen-bond acceptors (Lipinski definition) is 5. The minimum atomic E-state index is -0.320. The van der Waals surface area contributed by atoms with Crippen molar-refractivity contribution in [1.29, 1.82) is 0 Å². The number of carbonyl (C=O) groups is 2. The molecule has 0 spiro atoms. The molecule has 1 aliphatic rings. The molecule has 29 heavy (non-hydrogen) atoms. The smallest absolute Gasteiger partial charge is 0.255 e. The Bertz CT molecular complexity index is 857. The Morgan fingerprint density at radius 3 is 2.24 bits per heavy atom. The van der Waals surface area contributed by atoms with Crippen LogP contribution in [0.3, 0.4) is 0 Å². The van der Waals surface area contributed by atoms with Crippen LogP contribution in [0.25, 0.3) is 0 Å². The standard InChI is InChI=1S/C21H25N3O4.ClH/c1-27-18-10-15(21(26)24-17(12-22)13-8-9-13)16(11-19(18)28-2)23-20(25)14-6-4-3-5-7-14;/h3-7,10-11,13,17H,8-9,12,22H2,1-2H3,(H,23,25)(H,24,26);1H. The number of methoxy groups -OCH3 is 2. The van der Waals surface area contributed by atoms with E-state index in [4.69, 9.17) is 15.2 Å². The number of amides is 2. The van der Waals surface area contributed by atoms with Crippen LogP contribution in [0.15, 0.2) is 42.5 Å². The Labute approximate surface area is 176 Å². The summed E-state index contributed by atoms with van der Waals surface area (Å²) >= 11 is 0. The van der Waals surface area contributed by atoms with E-state index >= 15 is 0 Å². The van der Waals surface area contributed by atoms with Crippen molar-refractivity contribution >= 4 is 29.9 Å². The maximum absolute atomic E-state index is 12.9. The van der Waals surface area contributed by atoms with E-state index in [1.165, 1.54) is 14.2 Å². The van der Waals surface area contributed by atoms with Crippen LogP contribution in [0.1, 0.15) is 33.6 Å². The molecule has 1 atom stereocenters. The van der Waals surface area contributed by atoms with Gasteiger partial charge in [-0.25, -0.2) is 0 Å². The predicted octanol–water partition coefficient (Wildman–Crippen LogP) is 2.85. The largest absolute Gasteiger partial charge is 0.493 e. The molecule has 2 aromatic rings. The molecule has 0 bridgehead atoms. The van der Waals surface area contributed by atoms with Crippen molar-refractivity contribution in [2.75, 3.05) is 26.1 Å². The quantitative estimate of drug-likeness (QED) is 0.610. The Morgan fingerprint density at radius 2 is 1.69 bits per heavy atom. The molecule has 0 radical (unpaired) electrons. The summed E-state index contributed by atoms with van der Waals surface area (Å²) in [6.07, 6.45) is 2.12. The number of carbonyl (C=O) groups excluding carboxylic acids is 2. The molecule has 156 valence electrons. The molecule has 3 rings (SSSR count). The van der Waals surface area contributed by atoms with E-state index in [9.17, 15) is 9.59 Å². The van der Waals surface area contributed by atoms with E-state index in [1.807, 2.05) is 6.07 Å². The monoisotopic (exact) mass is 419 g/mol. The molecular formula is C21H26ClN3O4. The Kier molecular flexibility index (Phi) is 7.87. The summed E-state index contributed by atoms with van der Waals surface area (Å²) in [6, 6.07) is 11.9. The van der Waals surface area contributed by atoms with Gasteiger partial charge >= 0.3 is 0 Å². The van der Waals surface area contributed by atoms with Crippen LogP contribution in [-0.2, 0) is 0 Å². The summed E-state index contributed by atoms with van der Waals surface area (Å²) in [5.74, 6) is 0.601. The zero-order valence-corrected chi connectivity index (χ0v) is 17.3. The molecule has 0 saturated heterocycles. The number of benzene rings is 2. The number of nitrogens with two attached hydrogens (primary N) is 1. The molecule has 8 heteroatoms. The van der Waals surface area contributed by atoms with E-state index in [-0.39, 0.29) is 30.3 Å². The normalized spacial score (nSPS) is 13.6. The predicted molar refractivity (Wildman–Crippen MR) is 114 cm³/mol. The first kappa shape index (κ1) is 22.5. The van der Waals surface area contributed by atoms with Crippen molar-refractivity contribution in [2.24, 2.45) is 11.7 Å². The maximum atomic E-state index is 12.9. The molecular weight excluding hydrogens is 394 g/mol. The highest BCUT2D eigenvalue weighted by molar-refractivity contribution is 6.09. The van der Waals surface area contributed by atoms with Gasteiger partial charge in [0.05, 0.1) is 25.5 Å². The van der Waals surface area contributed by atoms with Crippen LogP contribution in [0, 0.1) is 5.92 Å². The molecule has 1 saturated carbocycles. The third-order valence-electron chi connectivity index (χ3n) is 4.81. The van der Waals surface area contributed by atoms with Gasteiger partial charge in [-0.15, -0.1) is 12.4 Å². The summed E-state index contributed by atoms with van der Waals surface area (Å²) in [5, 5.41) is 5.78. The topological polar surface area (TPSA) is 103 Å². The van der Waals surface area contributed by atoms with Gasteiger partial charge in [0.25, 0.3) is 11.8 Å². The summed E-state index contributed by atoms with van der Waals surface area (Å²) < 4.78 is 10.6. The van der Waals surface area contributed by atoms with Crippen molar-refractivity contribution < 1.29 is 19.1 Å². The summed E-state index contributed by atoms with van der Waals surface area (Å²) in [7, 11) is 2.99. The summed E-state index contributed by atoms with van der Waals surface area (Å²) in [5.41, 5.74) is 6.93. The maximum Gasteiger partial charge on any atom is 0.255 e. The van der Waals surface area contributed by atoms with Crippen LogP contribution in [0.5, 0.6) is 11.5 Å². The van der Waals surface area contributed by atoms with Crippen molar-refractivity contribution in [1.82, 2.24) is 5.32 Å². The van der Waals surface area contributed by atoms with Gasteiger partial charge in [-0.2, -0.15) is 0 Å². The fraction of sp³-hybridized carbons (Fsp3) is 0.333. The number of nitrogens with one attached hydrogen (secondary N) is 2. The molecule has 2 amide bonds. The third-order valence-corrected chi connectivity index (χ3v) is 4.81. The van der Waals surface area contributed by atoms with Crippen LogP contribution in [0.4, 0.5) is 5.69 Å². The fourth-order valence-corrected chi connectivity index (χ4v) is 3.07. The summed E-state index contributed by atoms with van der Waals surface area (Å²) in [6.45, 7) is 0.370. The van der Waals surface area contributed by atoms with E-state index in [2.05, 4.69) is 10.6 Å². The van der Waals surface area contributed by atoms with Gasteiger partial charge in [-0.1, -0.05) is 18.2 Å². The van der Waals surface area contributed by atoms with Gasteiger partial charge in [0.15, 0.2) is 11.5 Å². The molecule has 1 fully saturated rings. The lowest BCUT2D eigenvalue weighted by molar-refractivity contribution is 0.0934.